The quantitative estimate of drug-likeness (QED) is 0.498. The number of aromatic nitrogens is 2. The van der Waals surface area contributed by atoms with Gasteiger partial charge < -0.3 is 10.1 Å². The van der Waals surface area contributed by atoms with Gasteiger partial charge in [-0.25, -0.2) is 23.1 Å². The zero-order valence-corrected chi connectivity index (χ0v) is 16.1. The van der Waals surface area contributed by atoms with Crippen LogP contribution in [0.25, 0.3) is 10.9 Å². The van der Waals surface area contributed by atoms with Crippen LogP contribution in [0.4, 0.5) is 19.0 Å². The van der Waals surface area contributed by atoms with Crippen LogP contribution in [-0.4, -0.2) is 17.1 Å². The van der Waals surface area contributed by atoms with Gasteiger partial charge in [0, 0.05) is 17.0 Å². The molecule has 0 saturated carbocycles. The average molecular weight is 473 g/mol. The van der Waals surface area contributed by atoms with Gasteiger partial charge in [0.2, 0.25) is 0 Å². The summed E-state index contributed by atoms with van der Waals surface area (Å²) in [4.78, 5) is 8.44. The second kappa shape index (κ2) is 7.65. The van der Waals surface area contributed by atoms with E-state index in [9.17, 15) is 13.2 Å². The number of halogens is 4. The van der Waals surface area contributed by atoms with Gasteiger partial charge in [0.15, 0.2) is 0 Å². The van der Waals surface area contributed by atoms with Crippen molar-refractivity contribution in [3.05, 3.63) is 57.2 Å². The van der Waals surface area contributed by atoms with Gasteiger partial charge in [-0.15, -0.1) is 0 Å². The minimum Gasteiger partial charge on any atom is -0.496 e. The van der Waals surface area contributed by atoms with Crippen molar-refractivity contribution in [3.63, 3.8) is 0 Å². The van der Waals surface area contributed by atoms with Crippen molar-refractivity contribution in [2.24, 2.45) is 0 Å². The van der Waals surface area contributed by atoms with Crippen molar-refractivity contribution in [1.29, 1.82) is 0 Å². The molecule has 3 rings (SSSR count). The van der Waals surface area contributed by atoms with Gasteiger partial charge in [-0.2, -0.15) is 0 Å². The Morgan fingerprint density at radius 3 is 2.58 bits per heavy atom. The van der Waals surface area contributed by atoms with E-state index in [-0.39, 0.29) is 5.56 Å². The molecule has 1 N–H and O–H groups in total. The standard InChI is InChI=1S/C18H15F3IN3O/c1-9(10-4-3-5-11(16(10)19)17(20)21)25-18-12-6-13(22)15(26-2)7-14(12)23-8-24-18/h3-9,17H,1-2H3,(H,23,24,25). The molecule has 0 bridgehead atoms. The fraction of sp³-hybridized carbons (Fsp3) is 0.222. The summed E-state index contributed by atoms with van der Waals surface area (Å²) in [5.74, 6) is 0.272. The lowest BCUT2D eigenvalue weighted by Crippen LogP contribution is -2.11. The van der Waals surface area contributed by atoms with Crippen LogP contribution in [-0.2, 0) is 0 Å². The van der Waals surface area contributed by atoms with Crippen molar-refractivity contribution >= 4 is 39.3 Å². The van der Waals surface area contributed by atoms with Crippen LogP contribution in [0.5, 0.6) is 5.75 Å². The molecule has 2 aromatic carbocycles. The molecule has 8 heteroatoms. The molecule has 0 radical (unpaired) electrons. The zero-order chi connectivity index (χ0) is 18.8. The molecule has 1 atom stereocenters. The number of hydrogen-bond acceptors (Lipinski definition) is 4. The monoisotopic (exact) mass is 473 g/mol. The maximum absolute atomic E-state index is 14.4. The molecule has 0 saturated heterocycles. The summed E-state index contributed by atoms with van der Waals surface area (Å²) in [5.41, 5.74) is 0.203. The van der Waals surface area contributed by atoms with E-state index >= 15 is 0 Å². The molecule has 0 aliphatic heterocycles. The highest BCUT2D eigenvalue weighted by atomic mass is 127. The predicted molar refractivity (Wildman–Crippen MR) is 102 cm³/mol. The Morgan fingerprint density at radius 1 is 1.15 bits per heavy atom. The van der Waals surface area contributed by atoms with Crippen LogP contribution < -0.4 is 10.1 Å². The lowest BCUT2D eigenvalue weighted by molar-refractivity contribution is 0.146. The minimum atomic E-state index is -2.86. The van der Waals surface area contributed by atoms with Crippen molar-refractivity contribution < 1.29 is 17.9 Å². The van der Waals surface area contributed by atoms with Crippen LogP contribution in [0.15, 0.2) is 36.7 Å². The Morgan fingerprint density at radius 2 is 1.88 bits per heavy atom. The zero-order valence-electron chi connectivity index (χ0n) is 13.9. The molecule has 0 aliphatic rings. The highest BCUT2D eigenvalue weighted by Gasteiger charge is 2.20. The summed E-state index contributed by atoms with van der Waals surface area (Å²) in [5, 5.41) is 3.82. The molecule has 0 amide bonds. The molecule has 1 heterocycles. The number of alkyl halides is 2. The predicted octanol–water partition coefficient (Wildman–Crippen LogP) is 5.49. The Bertz CT molecular complexity index is 952. The number of nitrogens with one attached hydrogen (secondary N) is 1. The molecule has 1 unspecified atom stereocenters. The normalized spacial score (nSPS) is 12.4. The largest absolute Gasteiger partial charge is 0.496 e. The van der Waals surface area contributed by atoms with Gasteiger partial charge in [0.1, 0.15) is 23.7 Å². The van der Waals surface area contributed by atoms with Gasteiger partial charge >= 0.3 is 0 Å². The number of hydrogen-bond donors (Lipinski definition) is 1. The molecular weight excluding hydrogens is 458 g/mol. The van der Waals surface area contributed by atoms with Crippen LogP contribution in [0.1, 0.15) is 30.5 Å². The molecule has 1 aromatic heterocycles. The number of rotatable bonds is 5. The van der Waals surface area contributed by atoms with E-state index in [4.69, 9.17) is 4.74 Å². The number of benzene rings is 2. The summed E-state index contributed by atoms with van der Waals surface area (Å²) < 4.78 is 46.4. The van der Waals surface area contributed by atoms with Gasteiger partial charge in [0.25, 0.3) is 6.43 Å². The summed E-state index contributed by atoms with van der Waals surface area (Å²) in [6.45, 7) is 1.69. The molecule has 26 heavy (non-hydrogen) atoms. The number of fused-ring (bicyclic) bond motifs is 1. The van der Waals surface area contributed by atoms with E-state index in [1.165, 1.54) is 18.5 Å². The second-order valence-electron chi connectivity index (χ2n) is 5.64. The van der Waals surface area contributed by atoms with Crippen molar-refractivity contribution in [1.82, 2.24) is 9.97 Å². The lowest BCUT2D eigenvalue weighted by atomic mass is 10.0. The highest BCUT2D eigenvalue weighted by Crippen LogP contribution is 2.32. The molecule has 0 fully saturated rings. The third-order valence-electron chi connectivity index (χ3n) is 4.02. The topological polar surface area (TPSA) is 47.0 Å². The third kappa shape index (κ3) is 3.55. The first kappa shape index (κ1) is 18.7. The Kier molecular flexibility index (Phi) is 5.49. The minimum absolute atomic E-state index is 0.151. The summed E-state index contributed by atoms with van der Waals surface area (Å²) in [7, 11) is 1.57. The average Bonchev–Trinajstić information content (AvgIpc) is 2.61. The maximum atomic E-state index is 14.4. The lowest BCUT2D eigenvalue weighted by Gasteiger charge is -2.18. The highest BCUT2D eigenvalue weighted by molar-refractivity contribution is 14.1. The Balaban J connectivity index is 1.99. The fourth-order valence-electron chi connectivity index (χ4n) is 2.68. The molecule has 136 valence electrons. The Labute approximate surface area is 161 Å². The fourth-order valence-corrected chi connectivity index (χ4v) is 3.37. The molecular formula is C18H15F3IN3O. The van der Waals surface area contributed by atoms with E-state index < -0.39 is 23.8 Å². The van der Waals surface area contributed by atoms with Gasteiger partial charge in [-0.1, -0.05) is 18.2 Å². The van der Waals surface area contributed by atoms with Crippen molar-refractivity contribution in [3.8, 4) is 5.75 Å². The first-order valence-electron chi connectivity index (χ1n) is 7.73. The van der Waals surface area contributed by atoms with E-state index in [0.29, 0.717) is 17.1 Å². The maximum Gasteiger partial charge on any atom is 0.266 e. The smallest absolute Gasteiger partial charge is 0.266 e. The van der Waals surface area contributed by atoms with E-state index in [1.54, 1.807) is 20.1 Å². The van der Waals surface area contributed by atoms with Gasteiger partial charge in [0.05, 0.1) is 27.8 Å². The second-order valence-corrected chi connectivity index (χ2v) is 6.81. The van der Waals surface area contributed by atoms with Gasteiger partial charge in [-0.05, 0) is 35.6 Å². The van der Waals surface area contributed by atoms with Crippen molar-refractivity contribution in [2.75, 3.05) is 12.4 Å². The van der Waals surface area contributed by atoms with Crippen molar-refractivity contribution in [2.45, 2.75) is 19.4 Å². The summed E-state index contributed by atoms with van der Waals surface area (Å²) >= 11 is 2.14. The van der Waals surface area contributed by atoms with Crippen LogP contribution >= 0.6 is 22.6 Å². The molecule has 3 aromatic rings. The van der Waals surface area contributed by atoms with E-state index in [2.05, 4.69) is 37.9 Å². The van der Waals surface area contributed by atoms with E-state index in [0.717, 1.165) is 15.0 Å². The van der Waals surface area contributed by atoms with E-state index in [1.807, 2.05) is 6.07 Å². The molecule has 0 aliphatic carbocycles. The van der Waals surface area contributed by atoms with Gasteiger partial charge in [-0.3, -0.25) is 0 Å². The first-order valence-corrected chi connectivity index (χ1v) is 8.81. The number of anilines is 1. The molecule has 4 nitrogen and oxygen atoms in total. The number of nitrogens with zero attached hydrogens (tertiary/aromatic N) is 2. The summed E-state index contributed by atoms with van der Waals surface area (Å²) in [6, 6.07) is 7.07. The number of methoxy groups -OCH3 is 1. The molecule has 0 spiro atoms. The van der Waals surface area contributed by atoms with Crippen LogP contribution in [0, 0.1) is 9.39 Å². The Hall–Kier alpha value is -2.10. The van der Waals surface area contributed by atoms with Crippen LogP contribution in [0.2, 0.25) is 0 Å². The summed E-state index contributed by atoms with van der Waals surface area (Å²) in [6.07, 6.45) is -1.48. The first-order chi connectivity index (χ1) is 12.4. The van der Waals surface area contributed by atoms with Crippen LogP contribution in [0.3, 0.4) is 0 Å². The number of ether oxygens (including phenoxy) is 1. The third-order valence-corrected chi connectivity index (χ3v) is 4.87. The SMILES string of the molecule is COc1cc2ncnc(NC(C)c3cccc(C(F)F)c3F)c2cc1I.